The number of carbonyl (C=O) groups is 2. The third-order valence-corrected chi connectivity index (χ3v) is 2.93. The zero-order chi connectivity index (χ0) is 12.6. The molecule has 0 heterocycles. The van der Waals surface area contributed by atoms with E-state index >= 15 is 0 Å². The van der Waals surface area contributed by atoms with Crippen molar-refractivity contribution in [1.82, 2.24) is 4.90 Å². The summed E-state index contributed by atoms with van der Waals surface area (Å²) in [5, 5.41) is 0. The Hall–Kier alpha value is -0.750. The summed E-state index contributed by atoms with van der Waals surface area (Å²) in [7, 11) is 3.44. The highest BCUT2D eigenvalue weighted by atomic mass is 32.2. The Labute approximate surface area is 101 Å². The van der Waals surface area contributed by atoms with Crippen molar-refractivity contribution in [2.24, 2.45) is 5.73 Å². The zero-order valence-electron chi connectivity index (χ0n) is 10.1. The lowest BCUT2D eigenvalue weighted by molar-refractivity contribution is -0.144. The van der Waals surface area contributed by atoms with E-state index in [9.17, 15) is 9.59 Å². The first-order valence-corrected chi connectivity index (χ1v) is 6.34. The molecule has 1 unspecified atom stereocenters. The van der Waals surface area contributed by atoms with Crippen molar-refractivity contribution in [2.75, 3.05) is 32.2 Å². The van der Waals surface area contributed by atoms with Gasteiger partial charge in [-0.2, -0.15) is 11.8 Å². The molecule has 1 amide bonds. The molecule has 94 valence electrons. The number of ether oxygens (including phenoxy) is 1. The van der Waals surface area contributed by atoms with E-state index in [2.05, 4.69) is 0 Å². The van der Waals surface area contributed by atoms with Gasteiger partial charge in [0, 0.05) is 32.0 Å². The number of rotatable bonds is 7. The van der Waals surface area contributed by atoms with Gasteiger partial charge in [0.05, 0.1) is 6.61 Å². The van der Waals surface area contributed by atoms with Crippen LogP contribution < -0.4 is 5.73 Å². The maximum Gasteiger partial charge on any atom is 0.323 e. The maximum absolute atomic E-state index is 11.2. The third kappa shape index (κ3) is 6.68. The van der Waals surface area contributed by atoms with E-state index in [1.165, 1.54) is 11.8 Å². The molecule has 5 nitrogen and oxygen atoms in total. The topological polar surface area (TPSA) is 72.6 Å². The third-order valence-electron chi connectivity index (χ3n) is 1.85. The highest BCUT2D eigenvalue weighted by Crippen LogP contribution is 2.05. The first-order valence-electron chi connectivity index (χ1n) is 5.19. The normalized spacial score (nSPS) is 12.0. The van der Waals surface area contributed by atoms with Crippen LogP contribution >= 0.6 is 11.8 Å². The van der Waals surface area contributed by atoms with Crippen LogP contribution in [0.5, 0.6) is 0 Å². The van der Waals surface area contributed by atoms with Gasteiger partial charge in [0.25, 0.3) is 0 Å². The Bertz CT molecular complexity index is 234. The first-order chi connectivity index (χ1) is 7.49. The number of hydrogen-bond donors (Lipinski definition) is 1. The summed E-state index contributed by atoms with van der Waals surface area (Å²) < 4.78 is 4.77. The van der Waals surface area contributed by atoms with Gasteiger partial charge in [-0.1, -0.05) is 0 Å². The van der Waals surface area contributed by atoms with Crippen LogP contribution in [-0.4, -0.2) is 55.0 Å². The lowest BCUT2D eigenvalue weighted by Crippen LogP contribution is -2.34. The molecule has 0 aromatic carbocycles. The molecule has 0 rings (SSSR count). The predicted molar refractivity (Wildman–Crippen MR) is 65.2 cm³/mol. The minimum Gasteiger partial charge on any atom is -0.465 e. The largest absolute Gasteiger partial charge is 0.465 e. The molecule has 0 saturated heterocycles. The smallest absolute Gasteiger partial charge is 0.323 e. The summed E-state index contributed by atoms with van der Waals surface area (Å²) in [5.41, 5.74) is 5.59. The van der Waals surface area contributed by atoms with Gasteiger partial charge in [-0.3, -0.25) is 9.59 Å². The first kappa shape index (κ1) is 15.2. The van der Waals surface area contributed by atoms with Crippen LogP contribution in [-0.2, 0) is 14.3 Å². The molecule has 0 radical (unpaired) electrons. The fraction of sp³-hybridized carbons (Fsp3) is 0.800. The van der Waals surface area contributed by atoms with Crippen LogP contribution in [0.15, 0.2) is 0 Å². The Morgan fingerprint density at radius 2 is 2.06 bits per heavy atom. The predicted octanol–water partition coefficient (Wildman–Crippen LogP) is 0.0883. The molecule has 6 heteroatoms. The number of carbonyl (C=O) groups excluding carboxylic acids is 2. The molecule has 0 aliphatic rings. The highest BCUT2D eigenvalue weighted by Gasteiger charge is 2.14. The minimum atomic E-state index is -0.598. The molecule has 0 aliphatic heterocycles. The zero-order valence-corrected chi connectivity index (χ0v) is 10.9. The molecular weight excluding hydrogens is 228 g/mol. The summed E-state index contributed by atoms with van der Waals surface area (Å²) in [6, 6.07) is -0.598. The van der Waals surface area contributed by atoms with E-state index in [-0.39, 0.29) is 11.9 Å². The molecule has 0 fully saturated rings. The van der Waals surface area contributed by atoms with Crippen LogP contribution in [0.3, 0.4) is 0 Å². The molecule has 2 N–H and O–H groups in total. The lowest BCUT2D eigenvalue weighted by Gasteiger charge is -2.11. The van der Waals surface area contributed by atoms with Crippen molar-refractivity contribution in [3.05, 3.63) is 0 Å². The van der Waals surface area contributed by atoms with Crippen molar-refractivity contribution in [1.29, 1.82) is 0 Å². The van der Waals surface area contributed by atoms with Crippen LogP contribution in [0.2, 0.25) is 0 Å². The number of nitrogens with zero attached hydrogens (tertiary/aromatic N) is 1. The van der Waals surface area contributed by atoms with Gasteiger partial charge < -0.3 is 15.4 Å². The van der Waals surface area contributed by atoms with Crippen molar-refractivity contribution in [2.45, 2.75) is 19.4 Å². The summed E-state index contributed by atoms with van der Waals surface area (Å²) >= 11 is 1.49. The monoisotopic (exact) mass is 248 g/mol. The fourth-order valence-corrected chi connectivity index (χ4v) is 1.79. The molecule has 0 spiro atoms. The molecule has 1 atom stereocenters. The molecule has 0 aromatic rings. The SMILES string of the molecule is CCOC(=O)C(N)CSCCC(=O)N(C)C. The number of nitrogens with two attached hydrogens (primary N) is 1. The van der Waals surface area contributed by atoms with Crippen LogP contribution in [0.1, 0.15) is 13.3 Å². The number of esters is 1. The lowest BCUT2D eigenvalue weighted by atomic mass is 10.4. The Balaban J connectivity index is 3.58. The maximum atomic E-state index is 11.2. The van der Waals surface area contributed by atoms with Gasteiger partial charge in [0.15, 0.2) is 0 Å². The molecule has 16 heavy (non-hydrogen) atoms. The van der Waals surface area contributed by atoms with Crippen LogP contribution in [0, 0.1) is 0 Å². The van der Waals surface area contributed by atoms with Crippen molar-refractivity contribution < 1.29 is 14.3 Å². The minimum absolute atomic E-state index is 0.0807. The summed E-state index contributed by atoms with van der Waals surface area (Å²) in [6.45, 7) is 2.09. The molecule has 0 saturated carbocycles. The van der Waals surface area contributed by atoms with Crippen molar-refractivity contribution >= 4 is 23.6 Å². The second-order valence-electron chi connectivity index (χ2n) is 3.47. The highest BCUT2D eigenvalue weighted by molar-refractivity contribution is 7.99. The Morgan fingerprint density at radius 3 is 2.56 bits per heavy atom. The van der Waals surface area contributed by atoms with Crippen molar-refractivity contribution in [3.63, 3.8) is 0 Å². The van der Waals surface area contributed by atoms with Gasteiger partial charge in [-0.05, 0) is 6.92 Å². The standard InChI is InChI=1S/C10H20N2O3S/c1-4-15-10(14)8(11)7-16-6-5-9(13)12(2)3/h8H,4-7,11H2,1-3H3. The molecule has 0 bridgehead atoms. The molecule has 0 aliphatic carbocycles. The van der Waals surface area contributed by atoms with Gasteiger partial charge in [-0.15, -0.1) is 0 Å². The van der Waals surface area contributed by atoms with Crippen molar-refractivity contribution in [3.8, 4) is 0 Å². The average Bonchev–Trinajstić information content (AvgIpc) is 2.23. The van der Waals surface area contributed by atoms with Gasteiger partial charge in [0.2, 0.25) is 5.91 Å². The second-order valence-corrected chi connectivity index (χ2v) is 4.62. The average molecular weight is 248 g/mol. The Morgan fingerprint density at radius 1 is 1.44 bits per heavy atom. The van der Waals surface area contributed by atoms with E-state index in [1.54, 1.807) is 25.9 Å². The van der Waals surface area contributed by atoms with Crippen LogP contribution in [0.4, 0.5) is 0 Å². The number of thioether (sulfide) groups is 1. The quantitative estimate of drug-likeness (QED) is 0.510. The second kappa shape index (κ2) is 8.41. The van der Waals surface area contributed by atoms with Gasteiger partial charge in [-0.25, -0.2) is 0 Å². The molecular formula is C10H20N2O3S. The Kier molecular flexibility index (Phi) is 8.01. The molecule has 0 aromatic heterocycles. The van der Waals surface area contributed by atoms with Crippen LogP contribution in [0.25, 0.3) is 0 Å². The number of hydrogen-bond acceptors (Lipinski definition) is 5. The van der Waals surface area contributed by atoms with E-state index < -0.39 is 6.04 Å². The van der Waals surface area contributed by atoms with E-state index in [1.807, 2.05) is 0 Å². The van der Waals surface area contributed by atoms with Gasteiger partial charge in [0.1, 0.15) is 6.04 Å². The number of amides is 1. The fourth-order valence-electron chi connectivity index (χ4n) is 0.911. The van der Waals surface area contributed by atoms with Gasteiger partial charge >= 0.3 is 5.97 Å². The summed E-state index contributed by atoms with van der Waals surface area (Å²) in [6.07, 6.45) is 0.465. The summed E-state index contributed by atoms with van der Waals surface area (Å²) in [4.78, 5) is 23.9. The van der Waals surface area contributed by atoms with E-state index in [4.69, 9.17) is 10.5 Å². The van der Waals surface area contributed by atoms with E-state index in [0.717, 1.165) is 0 Å². The van der Waals surface area contributed by atoms with E-state index in [0.29, 0.717) is 24.5 Å². The summed E-state index contributed by atoms with van der Waals surface area (Å²) in [5.74, 6) is 0.857.